The van der Waals surface area contributed by atoms with Gasteiger partial charge in [0, 0.05) is 5.92 Å². The van der Waals surface area contributed by atoms with Crippen LogP contribution in [0.3, 0.4) is 0 Å². The van der Waals surface area contributed by atoms with Crippen LogP contribution < -0.4 is 0 Å². The molecule has 6 heteroatoms. The lowest BCUT2D eigenvalue weighted by molar-refractivity contribution is -0.146. The monoisotopic (exact) mass is 358 g/mol. The van der Waals surface area contributed by atoms with Crippen molar-refractivity contribution >= 4 is 37.2 Å². The molecule has 8 atom stereocenters. The van der Waals surface area contributed by atoms with Gasteiger partial charge in [-0.15, -0.1) is 10.4 Å². The van der Waals surface area contributed by atoms with Gasteiger partial charge in [0.1, 0.15) is 5.78 Å². The normalized spacial score (nSPS) is 53.0. The molecule has 0 aromatic rings. The molecule has 0 aromatic heterocycles. The van der Waals surface area contributed by atoms with Crippen LogP contribution in [0.4, 0.5) is 0 Å². The smallest absolute Gasteiger partial charge is 0.133 e. The van der Waals surface area contributed by atoms with Crippen LogP contribution >= 0.6 is 0 Å². The molecule has 4 rings (SSSR count). The third kappa shape index (κ3) is 2.32. The topological polar surface area (TPSA) is 37.3 Å². The van der Waals surface area contributed by atoms with E-state index in [1.807, 2.05) is 0 Å². The number of aliphatic hydroxyl groups excluding tert-OH is 1. The zero-order valence-electron chi connectivity index (χ0n) is 17.1. The van der Waals surface area contributed by atoms with Gasteiger partial charge in [-0.05, 0) is 86.4 Å². The summed E-state index contributed by atoms with van der Waals surface area (Å²) < 4.78 is 0. The quantitative estimate of drug-likeness (QED) is 0.733. The van der Waals surface area contributed by atoms with Crippen molar-refractivity contribution in [1.29, 1.82) is 0 Å². The summed E-state index contributed by atoms with van der Waals surface area (Å²) in [5.41, 5.74) is -0.647. The fourth-order valence-corrected chi connectivity index (χ4v) is 8.44. The summed E-state index contributed by atoms with van der Waals surface area (Å²) in [7, 11) is 27.5. The Morgan fingerprint density at radius 1 is 1.00 bits per heavy atom. The van der Waals surface area contributed by atoms with Gasteiger partial charge in [0.15, 0.2) is 0 Å². The molecule has 138 valence electrons. The lowest BCUT2D eigenvalue weighted by Crippen LogP contribution is -2.66. The average molecular weight is 358 g/mol. The first-order valence-electron chi connectivity index (χ1n) is 10.7. The highest BCUT2D eigenvalue weighted by Gasteiger charge is 2.71. The third-order valence-electron chi connectivity index (χ3n) is 9.88. The summed E-state index contributed by atoms with van der Waals surface area (Å²) in [6.45, 7) is 6.02. The molecule has 0 saturated heterocycles. The van der Waals surface area contributed by atoms with Crippen LogP contribution in [0.5, 0.6) is 0 Å². The van der Waals surface area contributed by atoms with Crippen LogP contribution in [-0.4, -0.2) is 48.4 Å². The largest absolute Gasteiger partial charge is 0.393 e. The van der Waals surface area contributed by atoms with Crippen molar-refractivity contribution in [2.45, 2.75) is 82.2 Å². The van der Waals surface area contributed by atoms with Crippen molar-refractivity contribution in [2.75, 3.05) is 0 Å². The fraction of sp³-hybridized carbons (Fsp3) is 0.952. The molecule has 0 bridgehead atoms. The predicted molar refractivity (Wildman–Crippen MR) is 111 cm³/mol. The van der Waals surface area contributed by atoms with Crippen molar-refractivity contribution < 1.29 is 9.90 Å². The first-order valence-corrected chi connectivity index (χ1v) is 10.7. The standard InChI is InChI=1S/C21H30B4O2/c1-11(26)15-6-7-16-14-5-4-12-10-13(27)8-9-18(12,2)17(14)20(22,23)21(24,25)19(15,16)3/h12-17,27H,4-10H2,1-3H3/t12-,13-,14+,15-,16+,17+,18+,19-/m1/s1. The van der Waals surface area contributed by atoms with Gasteiger partial charge in [0.05, 0.1) is 37.5 Å². The molecule has 0 unspecified atom stereocenters. The van der Waals surface area contributed by atoms with Crippen LogP contribution in [0.2, 0.25) is 10.4 Å². The molecule has 0 spiro atoms. The molecule has 1 N–H and O–H groups in total. The number of carbonyl (C=O) groups is 1. The van der Waals surface area contributed by atoms with E-state index in [-0.39, 0.29) is 35.1 Å². The molecule has 0 heterocycles. The molecular formula is C21H30B4O2. The summed E-state index contributed by atoms with van der Waals surface area (Å²) in [6, 6.07) is 0. The van der Waals surface area contributed by atoms with Crippen LogP contribution in [0.15, 0.2) is 0 Å². The summed E-state index contributed by atoms with van der Waals surface area (Å²) in [5.74, 6) is 0.996. The highest BCUT2D eigenvalue weighted by Crippen LogP contribution is 2.79. The fourth-order valence-electron chi connectivity index (χ4n) is 8.44. The van der Waals surface area contributed by atoms with E-state index in [1.54, 1.807) is 6.92 Å². The minimum Gasteiger partial charge on any atom is -0.393 e. The van der Waals surface area contributed by atoms with Crippen molar-refractivity contribution in [3.8, 4) is 0 Å². The van der Waals surface area contributed by atoms with Gasteiger partial charge in [0.25, 0.3) is 0 Å². The minimum atomic E-state index is -1.32. The van der Waals surface area contributed by atoms with Crippen LogP contribution in [-0.2, 0) is 4.79 Å². The molecule has 4 saturated carbocycles. The Morgan fingerprint density at radius 2 is 1.67 bits per heavy atom. The third-order valence-corrected chi connectivity index (χ3v) is 9.88. The number of hydrogen-bond donors (Lipinski definition) is 1. The summed E-state index contributed by atoms with van der Waals surface area (Å²) in [5, 5.41) is 7.66. The van der Waals surface area contributed by atoms with E-state index in [1.165, 1.54) is 0 Å². The van der Waals surface area contributed by atoms with E-state index in [2.05, 4.69) is 13.8 Å². The first-order chi connectivity index (χ1) is 12.4. The van der Waals surface area contributed by atoms with Gasteiger partial charge in [-0.25, -0.2) is 0 Å². The minimum absolute atomic E-state index is 0.00929. The van der Waals surface area contributed by atoms with Gasteiger partial charge < -0.3 is 5.11 Å². The Bertz CT molecular complexity index is 650. The molecule has 0 aromatic carbocycles. The molecule has 2 nitrogen and oxygen atoms in total. The molecular weight excluding hydrogens is 327 g/mol. The van der Waals surface area contributed by atoms with Crippen molar-refractivity contribution in [3.63, 3.8) is 0 Å². The van der Waals surface area contributed by atoms with E-state index in [0.717, 1.165) is 44.9 Å². The molecule has 4 aliphatic carbocycles. The van der Waals surface area contributed by atoms with E-state index >= 15 is 0 Å². The van der Waals surface area contributed by atoms with Gasteiger partial charge >= 0.3 is 0 Å². The maximum atomic E-state index is 12.5. The molecule has 0 aliphatic heterocycles. The van der Waals surface area contributed by atoms with Gasteiger partial charge in [-0.1, -0.05) is 13.8 Å². The second-order valence-corrected chi connectivity index (χ2v) is 10.8. The first kappa shape index (κ1) is 20.2. The number of aliphatic hydroxyl groups is 1. The molecule has 4 fully saturated rings. The maximum Gasteiger partial charge on any atom is 0.133 e. The number of carbonyl (C=O) groups excluding carboxylic acids is 1. The van der Waals surface area contributed by atoms with Crippen molar-refractivity contribution in [2.24, 2.45) is 40.4 Å². The number of fused-ring (bicyclic) bond motifs is 5. The van der Waals surface area contributed by atoms with Crippen molar-refractivity contribution in [1.82, 2.24) is 0 Å². The number of Topliss-reactive ketones (excluding diaryl/α,β-unsaturated/α-hetero) is 1. The Balaban J connectivity index is 1.84. The van der Waals surface area contributed by atoms with Crippen molar-refractivity contribution in [3.05, 3.63) is 0 Å². The number of hydrogen-bond acceptors (Lipinski definition) is 2. The molecule has 0 amide bonds. The Kier molecular flexibility index (Phi) is 4.45. The molecule has 27 heavy (non-hydrogen) atoms. The summed E-state index contributed by atoms with van der Waals surface area (Å²) in [4.78, 5) is 12.5. The number of rotatable bonds is 1. The maximum absolute atomic E-state index is 12.5. The van der Waals surface area contributed by atoms with Gasteiger partial charge in [-0.3, -0.25) is 4.79 Å². The summed E-state index contributed by atoms with van der Waals surface area (Å²) >= 11 is 0. The predicted octanol–water partition coefficient (Wildman–Crippen LogP) is 2.72. The lowest BCUT2D eigenvalue weighted by Gasteiger charge is -2.74. The van der Waals surface area contributed by atoms with Crippen LogP contribution in [0.1, 0.15) is 65.7 Å². The Labute approximate surface area is 170 Å². The summed E-state index contributed by atoms with van der Waals surface area (Å²) in [6.07, 6.45) is 6.20. The second-order valence-electron chi connectivity index (χ2n) is 10.8. The van der Waals surface area contributed by atoms with E-state index < -0.39 is 15.8 Å². The number of ketones is 1. The van der Waals surface area contributed by atoms with E-state index in [9.17, 15) is 9.90 Å². The second kappa shape index (κ2) is 5.96. The zero-order chi connectivity index (χ0) is 20.0. The van der Waals surface area contributed by atoms with E-state index in [0.29, 0.717) is 11.8 Å². The highest BCUT2D eigenvalue weighted by molar-refractivity contribution is 6.55. The Morgan fingerprint density at radius 3 is 2.30 bits per heavy atom. The lowest BCUT2D eigenvalue weighted by atomic mass is 9.14. The molecule has 4 aliphatic rings. The zero-order valence-corrected chi connectivity index (χ0v) is 17.1. The SMILES string of the molecule is [B]C1([B])[C@H]2[C@@H](CC[C@@H]3C[C@H](O)CC[C@@]32C)[C@@H]2CC[C@H](C(C)=O)[C@@]2(C)C1([B])[B]. The van der Waals surface area contributed by atoms with Gasteiger partial charge in [-0.2, -0.15) is 0 Å². The van der Waals surface area contributed by atoms with E-state index in [4.69, 9.17) is 31.4 Å². The van der Waals surface area contributed by atoms with Crippen LogP contribution in [0.25, 0.3) is 0 Å². The van der Waals surface area contributed by atoms with Crippen LogP contribution in [0, 0.1) is 40.4 Å². The Hall–Kier alpha value is -0.110. The molecule has 8 radical (unpaired) electrons. The van der Waals surface area contributed by atoms with Gasteiger partial charge in [0.2, 0.25) is 0 Å². The highest BCUT2D eigenvalue weighted by atomic mass is 16.3. The average Bonchev–Trinajstić information content (AvgIpc) is 2.92.